The summed E-state index contributed by atoms with van der Waals surface area (Å²) >= 11 is 3.22. The van der Waals surface area contributed by atoms with Crippen LogP contribution >= 0.6 is 15.9 Å². The molecule has 0 saturated carbocycles. The van der Waals surface area contributed by atoms with Crippen molar-refractivity contribution in [2.24, 2.45) is 0 Å². The Morgan fingerprint density at radius 1 is 1.37 bits per heavy atom. The van der Waals surface area contributed by atoms with Crippen molar-refractivity contribution in [2.75, 3.05) is 11.9 Å². The van der Waals surface area contributed by atoms with Crippen molar-refractivity contribution in [1.29, 1.82) is 0 Å². The number of amides is 1. The molecule has 104 valence electrons. The monoisotopic (exact) mass is 329 g/mol. The average Bonchev–Trinajstić information content (AvgIpc) is 2.28. The average molecular weight is 330 g/mol. The van der Waals surface area contributed by atoms with Gasteiger partial charge in [-0.15, -0.1) is 0 Å². The van der Waals surface area contributed by atoms with Gasteiger partial charge in [0.2, 0.25) is 5.91 Å². The summed E-state index contributed by atoms with van der Waals surface area (Å²) < 4.78 is 5.85. The molecule has 0 saturated heterocycles. The van der Waals surface area contributed by atoms with E-state index in [4.69, 9.17) is 9.84 Å². The number of carboxylic acid groups (broad SMARTS) is 1. The third kappa shape index (κ3) is 5.40. The molecule has 0 unspecified atom stereocenters. The second-order valence-electron chi connectivity index (χ2n) is 4.95. The summed E-state index contributed by atoms with van der Waals surface area (Å²) in [5.74, 6) is -1.31. The first-order chi connectivity index (χ1) is 8.69. The maximum absolute atomic E-state index is 11.7. The summed E-state index contributed by atoms with van der Waals surface area (Å²) in [6.45, 7) is 5.52. The lowest BCUT2D eigenvalue weighted by Crippen LogP contribution is -2.27. The van der Waals surface area contributed by atoms with Crippen LogP contribution in [0, 0.1) is 0 Å². The Morgan fingerprint density at radius 2 is 2.00 bits per heavy atom. The van der Waals surface area contributed by atoms with Gasteiger partial charge in [0.1, 0.15) is 6.61 Å². The first-order valence-electron chi connectivity index (χ1n) is 5.66. The van der Waals surface area contributed by atoms with Crippen molar-refractivity contribution in [1.82, 2.24) is 0 Å². The molecule has 0 fully saturated rings. The standard InChI is InChI=1S/C13H16BrNO4/c1-13(2,3)19-7-11(16)15-10-5-4-8(12(17)18)6-9(10)14/h4-6H,7H2,1-3H3,(H,15,16)(H,17,18). The van der Waals surface area contributed by atoms with E-state index in [2.05, 4.69) is 21.2 Å². The summed E-state index contributed by atoms with van der Waals surface area (Å²) in [7, 11) is 0. The Morgan fingerprint density at radius 3 is 2.47 bits per heavy atom. The van der Waals surface area contributed by atoms with Gasteiger partial charge >= 0.3 is 5.97 Å². The van der Waals surface area contributed by atoms with Crippen LogP contribution in [0.15, 0.2) is 22.7 Å². The number of carbonyl (C=O) groups is 2. The summed E-state index contributed by atoms with van der Waals surface area (Å²) in [6, 6.07) is 4.39. The molecule has 0 aromatic heterocycles. The van der Waals surface area contributed by atoms with Crippen LogP contribution in [0.25, 0.3) is 0 Å². The van der Waals surface area contributed by atoms with Gasteiger partial charge in [-0.1, -0.05) is 0 Å². The number of halogens is 1. The van der Waals surface area contributed by atoms with E-state index in [1.807, 2.05) is 20.8 Å². The first-order valence-corrected chi connectivity index (χ1v) is 6.45. The Kier molecular flexibility index (Phi) is 5.08. The molecular formula is C13H16BrNO4. The van der Waals surface area contributed by atoms with Crippen LogP contribution in [-0.2, 0) is 9.53 Å². The van der Waals surface area contributed by atoms with Gasteiger partial charge in [0.25, 0.3) is 0 Å². The zero-order chi connectivity index (χ0) is 14.6. The molecule has 0 radical (unpaired) electrons. The fourth-order valence-electron chi connectivity index (χ4n) is 1.22. The molecular weight excluding hydrogens is 314 g/mol. The van der Waals surface area contributed by atoms with E-state index in [1.54, 1.807) is 0 Å². The first kappa shape index (κ1) is 15.7. The normalized spacial score (nSPS) is 11.2. The molecule has 19 heavy (non-hydrogen) atoms. The molecule has 1 rings (SSSR count). The maximum atomic E-state index is 11.7. The molecule has 1 aromatic rings. The molecule has 0 aliphatic carbocycles. The molecule has 0 aliphatic heterocycles. The lowest BCUT2D eigenvalue weighted by atomic mass is 10.2. The zero-order valence-corrected chi connectivity index (χ0v) is 12.6. The van der Waals surface area contributed by atoms with E-state index in [-0.39, 0.29) is 23.7 Å². The summed E-state index contributed by atoms with van der Waals surface area (Å²) in [4.78, 5) is 22.4. The SMILES string of the molecule is CC(C)(C)OCC(=O)Nc1ccc(C(=O)O)cc1Br. The van der Waals surface area contributed by atoms with E-state index in [0.29, 0.717) is 10.2 Å². The minimum atomic E-state index is -1.02. The number of benzene rings is 1. The van der Waals surface area contributed by atoms with Gasteiger partial charge in [0.15, 0.2) is 0 Å². The van der Waals surface area contributed by atoms with Crippen molar-refractivity contribution in [2.45, 2.75) is 26.4 Å². The highest BCUT2D eigenvalue weighted by Gasteiger charge is 2.14. The van der Waals surface area contributed by atoms with Crippen LogP contribution in [0.1, 0.15) is 31.1 Å². The van der Waals surface area contributed by atoms with Crippen molar-refractivity contribution in [3.05, 3.63) is 28.2 Å². The fourth-order valence-corrected chi connectivity index (χ4v) is 1.70. The summed E-state index contributed by atoms with van der Waals surface area (Å²) in [5, 5.41) is 11.5. The molecule has 5 nitrogen and oxygen atoms in total. The third-order valence-electron chi connectivity index (χ3n) is 2.13. The highest BCUT2D eigenvalue weighted by Crippen LogP contribution is 2.23. The number of rotatable bonds is 4. The maximum Gasteiger partial charge on any atom is 0.335 e. The second-order valence-corrected chi connectivity index (χ2v) is 5.80. The van der Waals surface area contributed by atoms with Crippen molar-refractivity contribution >= 4 is 33.5 Å². The Bertz CT molecular complexity index is 494. The van der Waals surface area contributed by atoms with Crippen LogP contribution in [0.2, 0.25) is 0 Å². The number of carboxylic acids is 1. The van der Waals surface area contributed by atoms with Crippen LogP contribution in [0.5, 0.6) is 0 Å². The van der Waals surface area contributed by atoms with Gasteiger partial charge < -0.3 is 15.2 Å². The summed E-state index contributed by atoms with van der Waals surface area (Å²) in [5.41, 5.74) is 0.269. The number of anilines is 1. The number of hydrogen-bond acceptors (Lipinski definition) is 3. The number of hydrogen-bond donors (Lipinski definition) is 2. The number of ether oxygens (including phenoxy) is 1. The minimum Gasteiger partial charge on any atom is -0.478 e. The third-order valence-corrected chi connectivity index (χ3v) is 2.78. The fraction of sp³-hybridized carbons (Fsp3) is 0.385. The van der Waals surface area contributed by atoms with E-state index >= 15 is 0 Å². The Balaban J connectivity index is 2.67. The number of aromatic carboxylic acids is 1. The zero-order valence-electron chi connectivity index (χ0n) is 11.0. The smallest absolute Gasteiger partial charge is 0.335 e. The Hall–Kier alpha value is -1.40. The van der Waals surface area contributed by atoms with Crippen LogP contribution < -0.4 is 5.32 Å². The highest BCUT2D eigenvalue weighted by atomic mass is 79.9. The van der Waals surface area contributed by atoms with E-state index in [9.17, 15) is 9.59 Å². The minimum absolute atomic E-state index is 0.0589. The molecule has 6 heteroatoms. The lowest BCUT2D eigenvalue weighted by Gasteiger charge is -2.19. The molecule has 2 N–H and O–H groups in total. The van der Waals surface area contributed by atoms with E-state index < -0.39 is 5.97 Å². The molecule has 0 atom stereocenters. The van der Waals surface area contributed by atoms with E-state index in [1.165, 1.54) is 18.2 Å². The quantitative estimate of drug-likeness (QED) is 0.890. The molecule has 0 aliphatic rings. The second kappa shape index (κ2) is 6.16. The molecule has 1 amide bonds. The topological polar surface area (TPSA) is 75.6 Å². The van der Waals surface area contributed by atoms with Gasteiger partial charge in [0.05, 0.1) is 16.9 Å². The van der Waals surface area contributed by atoms with Crippen molar-refractivity contribution in [3.63, 3.8) is 0 Å². The number of carbonyl (C=O) groups excluding carboxylic acids is 1. The van der Waals surface area contributed by atoms with Gasteiger partial charge in [-0.25, -0.2) is 4.79 Å². The van der Waals surface area contributed by atoms with Gasteiger partial charge in [-0.3, -0.25) is 4.79 Å². The van der Waals surface area contributed by atoms with Gasteiger partial charge in [0, 0.05) is 4.47 Å². The van der Waals surface area contributed by atoms with Crippen molar-refractivity contribution in [3.8, 4) is 0 Å². The number of nitrogens with one attached hydrogen (secondary N) is 1. The van der Waals surface area contributed by atoms with Gasteiger partial charge in [-0.05, 0) is 54.9 Å². The van der Waals surface area contributed by atoms with Crippen molar-refractivity contribution < 1.29 is 19.4 Å². The predicted molar refractivity (Wildman–Crippen MR) is 75.4 cm³/mol. The highest BCUT2D eigenvalue weighted by molar-refractivity contribution is 9.10. The Labute approximate surface area is 120 Å². The molecule has 1 aromatic carbocycles. The largest absolute Gasteiger partial charge is 0.478 e. The van der Waals surface area contributed by atoms with Crippen LogP contribution in [0.4, 0.5) is 5.69 Å². The van der Waals surface area contributed by atoms with Crippen LogP contribution in [-0.4, -0.2) is 29.2 Å². The van der Waals surface area contributed by atoms with Gasteiger partial charge in [-0.2, -0.15) is 0 Å². The van der Waals surface area contributed by atoms with E-state index in [0.717, 1.165) is 0 Å². The summed E-state index contributed by atoms with van der Waals surface area (Å²) in [6.07, 6.45) is 0. The molecule has 0 bridgehead atoms. The van der Waals surface area contributed by atoms with Crippen LogP contribution in [0.3, 0.4) is 0 Å². The lowest BCUT2D eigenvalue weighted by molar-refractivity contribution is -0.125. The molecule has 0 spiro atoms. The molecule has 0 heterocycles. The predicted octanol–water partition coefficient (Wildman–Crippen LogP) is 2.90.